The van der Waals surface area contributed by atoms with Crippen molar-refractivity contribution in [2.24, 2.45) is 0 Å². The molecule has 136 valence electrons. The monoisotopic (exact) mass is 348 g/mol. The van der Waals surface area contributed by atoms with Crippen LogP contribution in [-0.2, 0) is 25.6 Å². The summed E-state index contributed by atoms with van der Waals surface area (Å²) in [4.78, 5) is 23.6. The molecule has 1 heterocycles. The Morgan fingerprint density at radius 2 is 1.84 bits per heavy atom. The van der Waals surface area contributed by atoms with Crippen molar-refractivity contribution in [2.45, 2.75) is 44.1 Å². The van der Waals surface area contributed by atoms with Crippen molar-refractivity contribution in [3.63, 3.8) is 0 Å². The number of rotatable bonds is 5. The zero-order chi connectivity index (χ0) is 17.5. The molecule has 1 aromatic carbocycles. The molecule has 2 aliphatic rings. The van der Waals surface area contributed by atoms with Crippen molar-refractivity contribution in [2.75, 3.05) is 19.8 Å². The lowest BCUT2D eigenvalue weighted by Gasteiger charge is -2.39. The molecule has 0 radical (unpaired) electrons. The largest absolute Gasteiger partial charge is 0.445 e. The van der Waals surface area contributed by atoms with Crippen molar-refractivity contribution in [3.05, 3.63) is 35.9 Å². The number of benzene rings is 1. The van der Waals surface area contributed by atoms with E-state index in [0.717, 1.165) is 24.8 Å². The maximum atomic E-state index is 12.0. The van der Waals surface area contributed by atoms with E-state index in [9.17, 15) is 9.59 Å². The standard InChI is InChI=1S/C18H24N2O5/c21-17(11-19-18(22)25-12-13-4-2-1-3-5-13)20-14-6-7-15-16(10-14)24-9-8-23-15/h1-5,14-16H,6-12H2,(H,19,22)(H,20,21)/t14-,15-,16+/m1/s1. The Balaban J connectivity index is 1.33. The third-order valence-electron chi connectivity index (χ3n) is 4.45. The van der Waals surface area contributed by atoms with Gasteiger partial charge in [0, 0.05) is 6.04 Å². The quantitative estimate of drug-likeness (QED) is 0.839. The summed E-state index contributed by atoms with van der Waals surface area (Å²) in [5, 5.41) is 5.41. The molecule has 1 aliphatic heterocycles. The SMILES string of the molecule is O=C(CNC(=O)OCc1ccccc1)N[C@@H]1CC[C@H]2OCCO[C@H]2C1. The molecule has 1 saturated heterocycles. The van der Waals surface area contributed by atoms with Crippen LogP contribution in [0.25, 0.3) is 0 Å². The van der Waals surface area contributed by atoms with Gasteiger partial charge in [-0.2, -0.15) is 0 Å². The summed E-state index contributed by atoms with van der Waals surface area (Å²) < 4.78 is 16.4. The van der Waals surface area contributed by atoms with Crippen LogP contribution in [0.15, 0.2) is 30.3 Å². The summed E-state index contributed by atoms with van der Waals surface area (Å²) in [5.41, 5.74) is 0.897. The molecule has 2 N–H and O–H groups in total. The molecule has 25 heavy (non-hydrogen) atoms. The molecule has 2 fully saturated rings. The summed E-state index contributed by atoms with van der Waals surface area (Å²) >= 11 is 0. The Morgan fingerprint density at radius 1 is 1.08 bits per heavy atom. The Hall–Kier alpha value is -2.12. The molecule has 7 nitrogen and oxygen atoms in total. The van der Waals surface area contributed by atoms with Gasteiger partial charge in [0.1, 0.15) is 13.2 Å². The molecule has 1 aromatic rings. The van der Waals surface area contributed by atoms with Crippen LogP contribution in [0.3, 0.4) is 0 Å². The lowest BCUT2D eigenvalue weighted by molar-refractivity contribution is -0.158. The maximum absolute atomic E-state index is 12.0. The first-order chi connectivity index (χ1) is 12.2. The maximum Gasteiger partial charge on any atom is 0.407 e. The van der Waals surface area contributed by atoms with Crippen LogP contribution in [0.1, 0.15) is 24.8 Å². The van der Waals surface area contributed by atoms with Gasteiger partial charge >= 0.3 is 6.09 Å². The number of ether oxygens (including phenoxy) is 3. The summed E-state index contributed by atoms with van der Waals surface area (Å²) in [6, 6.07) is 9.43. The van der Waals surface area contributed by atoms with Crippen LogP contribution in [0.4, 0.5) is 4.79 Å². The Kier molecular flexibility index (Phi) is 6.25. The first kappa shape index (κ1) is 17.7. The normalized spacial score (nSPS) is 25.5. The fourth-order valence-corrected chi connectivity index (χ4v) is 3.20. The molecule has 7 heteroatoms. The summed E-state index contributed by atoms with van der Waals surface area (Å²) in [6.07, 6.45) is 2.07. The minimum atomic E-state index is -0.605. The highest BCUT2D eigenvalue weighted by Crippen LogP contribution is 2.26. The minimum absolute atomic E-state index is 0.0524. The first-order valence-electron chi connectivity index (χ1n) is 8.68. The highest BCUT2D eigenvalue weighted by atomic mass is 16.6. The van der Waals surface area contributed by atoms with Gasteiger partial charge in [0.15, 0.2) is 0 Å². The third kappa shape index (κ3) is 5.44. The number of alkyl carbamates (subject to hydrolysis) is 1. The van der Waals surface area contributed by atoms with E-state index in [1.165, 1.54) is 0 Å². The topological polar surface area (TPSA) is 85.9 Å². The van der Waals surface area contributed by atoms with E-state index < -0.39 is 6.09 Å². The van der Waals surface area contributed by atoms with Gasteiger partial charge in [0.25, 0.3) is 0 Å². The van der Waals surface area contributed by atoms with Gasteiger partial charge in [0.2, 0.25) is 5.91 Å². The van der Waals surface area contributed by atoms with E-state index in [1.807, 2.05) is 30.3 Å². The molecule has 1 aliphatic carbocycles. The zero-order valence-corrected chi connectivity index (χ0v) is 14.1. The fraction of sp³-hybridized carbons (Fsp3) is 0.556. The number of carbonyl (C=O) groups is 2. The summed E-state index contributed by atoms with van der Waals surface area (Å²) in [6.45, 7) is 1.33. The van der Waals surface area contributed by atoms with Crippen LogP contribution in [0.2, 0.25) is 0 Å². The second-order valence-corrected chi connectivity index (χ2v) is 6.31. The van der Waals surface area contributed by atoms with Gasteiger partial charge in [-0.05, 0) is 24.8 Å². The molecule has 0 spiro atoms. The van der Waals surface area contributed by atoms with Crippen molar-refractivity contribution in [3.8, 4) is 0 Å². The van der Waals surface area contributed by atoms with Gasteiger partial charge in [-0.3, -0.25) is 4.79 Å². The van der Waals surface area contributed by atoms with E-state index in [2.05, 4.69) is 10.6 Å². The summed E-state index contributed by atoms with van der Waals surface area (Å²) in [7, 11) is 0. The number of amides is 2. The Morgan fingerprint density at radius 3 is 2.64 bits per heavy atom. The lowest BCUT2D eigenvalue weighted by Crippen LogP contribution is -2.50. The number of carbonyl (C=O) groups excluding carboxylic acids is 2. The zero-order valence-electron chi connectivity index (χ0n) is 14.1. The highest BCUT2D eigenvalue weighted by Gasteiger charge is 2.34. The predicted molar refractivity (Wildman–Crippen MR) is 89.9 cm³/mol. The van der Waals surface area contributed by atoms with Crippen molar-refractivity contribution < 1.29 is 23.8 Å². The van der Waals surface area contributed by atoms with E-state index in [-0.39, 0.29) is 37.3 Å². The van der Waals surface area contributed by atoms with Gasteiger partial charge in [0.05, 0.1) is 25.4 Å². The second-order valence-electron chi connectivity index (χ2n) is 6.31. The first-order valence-corrected chi connectivity index (χ1v) is 8.68. The van der Waals surface area contributed by atoms with Crippen LogP contribution in [0, 0.1) is 0 Å². The molecule has 0 unspecified atom stereocenters. The molecule has 0 aromatic heterocycles. The molecular weight excluding hydrogens is 324 g/mol. The van der Waals surface area contributed by atoms with Crippen molar-refractivity contribution >= 4 is 12.0 Å². The molecule has 3 rings (SSSR count). The van der Waals surface area contributed by atoms with Crippen LogP contribution < -0.4 is 10.6 Å². The van der Waals surface area contributed by atoms with E-state index in [1.54, 1.807) is 0 Å². The van der Waals surface area contributed by atoms with Crippen molar-refractivity contribution in [1.82, 2.24) is 10.6 Å². The average molecular weight is 348 g/mol. The average Bonchev–Trinajstić information content (AvgIpc) is 2.65. The third-order valence-corrected chi connectivity index (χ3v) is 4.45. The number of fused-ring (bicyclic) bond motifs is 1. The van der Waals surface area contributed by atoms with Gasteiger partial charge in [-0.15, -0.1) is 0 Å². The highest BCUT2D eigenvalue weighted by molar-refractivity contribution is 5.82. The van der Waals surface area contributed by atoms with Crippen LogP contribution >= 0.6 is 0 Å². The second kappa shape index (κ2) is 8.82. The van der Waals surface area contributed by atoms with E-state index >= 15 is 0 Å². The van der Waals surface area contributed by atoms with Gasteiger partial charge in [-0.25, -0.2) is 4.79 Å². The molecular formula is C18H24N2O5. The lowest BCUT2D eigenvalue weighted by atomic mass is 9.89. The van der Waals surface area contributed by atoms with Crippen molar-refractivity contribution in [1.29, 1.82) is 0 Å². The smallest absolute Gasteiger partial charge is 0.407 e. The molecule has 2 amide bonds. The Bertz CT molecular complexity index is 580. The van der Waals surface area contributed by atoms with E-state index in [0.29, 0.717) is 13.2 Å². The molecule has 1 saturated carbocycles. The molecule has 3 atom stereocenters. The van der Waals surface area contributed by atoms with Crippen LogP contribution in [0.5, 0.6) is 0 Å². The number of hydrogen-bond donors (Lipinski definition) is 2. The number of hydrogen-bond acceptors (Lipinski definition) is 5. The van der Waals surface area contributed by atoms with E-state index in [4.69, 9.17) is 14.2 Å². The van der Waals surface area contributed by atoms with Crippen LogP contribution in [-0.4, -0.2) is 50.0 Å². The van der Waals surface area contributed by atoms with Gasteiger partial charge in [-0.1, -0.05) is 30.3 Å². The van der Waals surface area contributed by atoms with Gasteiger partial charge < -0.3 is 24.8 Å². The fourth-order valence-electron chi connectivity index (χ4n) is 3.20. The molecule has 0 bridgehead atoms. The summed E-state index contributed by atoms with van der Waals surface area (Å²) in [5.74, 6) is -0.225. The Labute approximate surface area is 147 Å². The predicted octanol–water partition coefficient (Wildman–Crippen LogP) is 1.37. The minimum Gasteiger partial charge on any atom is -0.445 e. The number of nitrogens with one attached hydrogen (secondary N) is 2.